The van der Waals surface area contributed by atoms with Gasteiger partial charge in [-0.25, -0.2) is 4.44 Å². The Morgan fingerprint density at radius 2 is 0.600 bits per heavy atom. The maximum atomic E-state index is 2.89. The monoisotopic (exact) mass is 549 g/mol. The molecule has 0 N–H and O–H groups in total. The summed E-state index contributed by atoms with van der Waals surface area (Å²) in [5.41, 5.74) is 5.48. The third-order valence-electron chi connectivity index (χ3n) is 7.44. The quantitative estimate of drug-likeness (QED) is 0.182. The van der Waals surface area contributed by atoms with Crippen LogP contribution in [0.1, 0.15) is 17.2 Å². The van der Waals surface area contributed by atoms with Crippen LogP contribution in [-0.2, 0) is 0 Å². The molecular weight excluding hydrogens is 520 g/mol. The average molecular weight is 550 g/mol. The fourth-order valence-electron chi connectivity index (χ4n) is 5.75. The summed E-state index contributed by atoms with van der Waals surface area (Å²) < 4.78 is 2.89. The molecule has 0 bridgehead atoms. The normalized spacial score (nSPS) is 12.6. The van der Waals surface area contributed by atoms with Gasteiger partial charge in [0, 0.05) is 16.1 Å². The van der Waals surface area contributed by atoms with E-state index in [1.54, 1.807) is 0 Å². The largest absolute Gasteiger partial charge is 0.233 e. The van der Waals surface area contributed by atoms with Gasteiger partial charge in [-0.3, -0.25) is 0 Å². The van der Waals surface area contributed by atoms with Gasteiger partial charge < -0.3 is 0 Å². The van der Waals surface area contributed by atoms with Crippen molar-refractivity contribution in [2.75, 3.05) is 0 Å². The van der Waals surface area contributed by atoms with E-state index in [1.165, 1.54) is 43.5 Å². The second kappa shape index (κ2) is 11.3. The minimum atomic E-state index is -0.899. The van der Waals surface area contributed by atoms with Crippen LogP contribution in [0.5, 0.6) is 0 Å². The first-order chi connectivity index (χ1) is 19.9. The van der Waals surface area contributed by atoms with Crippen molar-refractivity contribution in [3.8, 4) is 11.1 Å². The number of fused-ring (bicyclic) bond motifs is 3. The molecule has 0 heterocycles. The molecule has 0 atom stereocenters. The van der Waals surface area contributed by atoms with Crippen LogP contribution in [-0.4, -0.2) is 4.44 Å². The molecule has 3 heteroatoms. The van der Waals surface area contributed by atoms with Gasteiger partial charge in [-0.1, -0.05) is 170 Å². The van der Waals surface area contributed by atoms with Crippen LogP contribution in [0.3, 0.4) is 0 Å². The van der Waals surface area contributed by atoms with Crippen LogP contribution in [0.25, 0.3) is 11.1 Å². The molecule has 0 amide bonds. The van der Waals surface area contributed by atoms with Gasteiger partial charge in [0.25, 0.3) is 0 Å². The molecule has 0 radical (unpaired) electrons. The summed E-state index contributed by atoms with van der Waals surface area (Å²) in [4.78, 5) is 0. The Hall–Kier alpha value is -3.86. The molecule has 0 saturated heterocycles. The zero-order valence-corrected chi connectivity index (χ0v) is 23.9. The summed E-state index contributed by atoms with van der Waals surface area (Å²) in [5.74, 6) is 0. The van der Waals surface area contributed by atoms with Crippen LogP contribution < -0.4 is 21.2 Å². The summed E-state index contributed by atoms with van der Waals surface area (Å²) in [6.45, 7) is 0. The summed E-state index contributed by atoms with van der Waals surface area (Å²) in [6, 6.07) is 62.8. The zero-order chi connectivity index (χ0) is 26.7. The summed E-state index contributed by atoms with van der Waals surface area (Å²) in [5, 5.41) is 5.46. The number of nitrogens with zero attached hydrogens (tertiary/aromatic N) is 1. The minimum absolute atomic E-state index is 0.116. The van der Waals surface area contributed by atoms with Crippen molar-refractivity contribution in [2.45, 2.75) is 6.04 Å². The Bertz CT molecular complexity index is 1500. The molecule has 192 valence electrons. The third kappa shape index (κ3) is 4.61. The van der Waals surface area contributed by atoms with Gasteiger partial charge in [0.15, 0.2) is 0 Å². The molecule has 0 aromatic heterocycles. The van der Waals surface area contributed by atoms with E-state index in [-0.39, 0.29) is 6.04 Å². The maximum Gasteiger partial charge on any atom is 0.0699 e. The maximum absolute atomic E-state index is 2.89. The van der Waals surface area contributed by atoms with Crippen LogP contribution in [0.2, 0.25) is 0 Å². The SMILES string of the molecule is c1ccc(P(c2ccccc2)N(C2c3ccccc3-c3ccccc32)P(c2ccccc2)c2ccccc2)cc1. The molecule has 6 aromatic carbocycles. The van der Waals surface area contributed by atoms with E-state index in [0.717, 1.165) is 0 Å². The molecule has 40 heavy (non-hydrogen) atoms. The van der Waals surface area contributed by atoms with Crippen LogP contribution >= 0.6 is 16.1 Å². The van der Waals surface area contributed by atoms with Crippen LogP contribution in [0.15, 0.2) is 170 Å². The first kappa shape index (κ1) is 25.1. The Kier molecular flexibility index (Phi) is 7.11. The molecule has 0 spiro atoms. The van der Waals surface area contributed by atoms with Crippen molar-refractivity contribution in [1.82, 2.24) is 4.44 Å². The van der Waals surface area contributed by atoms with Crippen molar-refractivity contribution in [2.24, 2.45) is 0 Å². The highest BCUT2D eigenvalue weighted by Gasteiger charge is 2.42. The first-order valence-corrected chi connectivity index (χ1v) is 16.3. The highest BCUT2D eigenvalue weighted by molar-refractivity contribution is 7.84. The van der Waals surface area contributed by atoms with Crippen molar-refractivity contribution >= 4 is 37.4 Å². The van der Waals surface area contributed by atoms with Gasteiger partial charge >= 0.3 is 0 Å². The molecule has 0 aliphatic heterocycles. The van der Waals surface area contributed by atoms with E-state index < -0.39 is 16.1 Å². The van der Waals surface area contributed by atoms with E-state index in [9.17, 15) is 0 Å². The lowest BCUT2D eigenvalue weighted by atomic mass is 10.1. The Morgan fingerprint density at radius 3 is 0.925 bits per heavy atom. The van der Waals surface area contributed by atoms with Gasteiger partial charge in [0.1, 0.15) is 0 Å². The molecule has 6 aromatic rings. The van der Waals surface area contributed by atoms with Gasteiger partial charge in [-0.15, -0.1) is 0 Å². The molecule has 1 nitrogen and oxygen atoms in total. The molecule has 7 rings (SSSR count). The smallest absolute Gasteiger partial charge is 0.0699 e. The van der Waals surface area contributed by atoms with E-state index in [1.807, 2.05) is 0 Å². The van der Waals surface area contributed by atoms with Crippen molar-refractivity contribution in [1.29, 1.82) is 0 Å². The van der Waals surface area contributed by atoms with Crippen LogP contribution in [0.4, 0.5) is 0 Å². The van der Waals surface area contributed by atoms with E-state index >= 15 is 0 Å². The standard InChI is InChI=1S/C37H29NP2/c1-5-17-29(18-6-1)39(30-19-7-2-8-20-30)38(40(31-21-9-3-10-22-31)32-23-11-4-12-24-32)37-35-27-15-13-25-33(35)34-26-14-16-28-36(34)37/h1-28,37H. The second-order valence-corrected chi connectivity index (χ2v) is 14.4. The predicted molar refractivity (Wildman–Crippen MR) is 174 cm³/mol. The Morgan fingerprint density at radius 1 is 0.325 bits per heavy atom. The number of hydrogen-bond acceptors (Lipinski definition) is 1. The van der Waals surface area contributed by atoms with Gasteiger partial charge in [-0.2, -0.15) is 0 Å². The minimum Gasteiger partial charge on any atom is -0.233 e. The summed E-state index contributed by atoms with van der Waals surface area (Å²) >= 11 is 0. The Balaban J connectivity index is 1.56. The lowest BCUT2D eigenvalue weighted by Gasteiger charge is -2.43. The first-order valence-electron chi connectivity index (χ1n) is 13.7. The van der Waals surface area contributed by atoms with Crippen LogP contribution in [0, 0.1) is 0 Å². The fourth-order valence-corrected chi connectivity index (χ4v) is 12.0. The van der Waals surface area contributed by atoms with E-state index in [0.29, 0.717) is 0 Å². The van der Waals surface area contributed by atoms with Gasteiger partial charge in [0.05, 0.1) is 6.04 Å². The molecular formula is C37H29NP2. The molecule has 0 fully saturated rings. The topological polar surface area (TPSA) is 3.24 Å². The van der Waals surface area contributed by atoms with Crippen molar-refractivity contribution < 1.29 is 0 Å². The summed E-state index contributed by atoms with van der Waals surface area (Å²) in [7, 11) is -1.80. The fraction of sp³-hybridized carbons (Fsp3) is 0.0270. The number of benzene rings is 6. The highest BCUT2D eigenvalue weighted by Crippen LogP contribution is 2.63. The Labute approximate surface area is 239 Å². The van der Waals surface area contributed by atoms with E-state index in [4.69, 9.17) is 0 Å². The predicted octanol–water partition coefficient (Wildman–Crippen LogP) is 8.15. The summed E-state index contributed by atoms with van der Waals surface area (Å²) in [6.07, 6.45) is 0. The van der Waals surface area contributed by atoms with Gasteiger partial charge in [0.2, 0.25) is 0 Å². The second-order valence-electron chi connectivity index (χ2n) is 9.86. The lowest BCUT2D eigenvalue weighted by molar-refractivity contribution is 0.616. The highest BCUT2D eigenvalue weighted by atomic mass is 31.2. The number of rotatable bonds is 7. The van der Waals surface area contributed by atoms with E-state index in [2.05, 4.69) is 174 Å². The molecule has 0 saturated carbocycles. The van der Waals surface area contributed by atoms with Crippen molar-refractivity contribution in [3.63, 3.8) is 0 Å². The average Bonchev–Trinajstić information content (AvgIpc) is 3.37. The van der Waals surface area contributed by atoms with Crippen molar-refractivity contribution in [3.05, 3.63) is 181 Å². The molecule has 1 aliphatic rings. The molecule has 0 unspecified atom stereocenters. The zero-order valence-electron chi connectivity index (χ0n) is 22.1. The lowest BCUT2D eigenvalue weighted by Crippen LogP contribution is -2.34. The molecule has 1 aliphatic carbocycles. The number of hydrogen-bond donors (Lipinski definition) is 0. The van der Waals surface area contributed by atoms with Gasteiger partial charge in [-0.05, 0) is 43.5 Å². The third-order valence-corrected chi connectivity index (χ3v) is 12.9.